The maximum atomic E-state index is 5.33. The lowest BCUT2D eigenvalue weighted by Crippen LogP contribution is -2.11. The number of nitrogens with one attached hydrogen (secondary N) is 1. The van der Waals surface area contributed by atoms with Gasteiger partial charge in [0, 0.05) is 6.42 Å². The first kappa shape index (κ1) is 13.8. The van der Waals surface area contributed by atoms with E-state index in [4.69, 9.17) is 17.0 Å². The fourth-order valence-electron chi connectivity index (χ4n) is 2.17. The highest BCUT2D eigenvalue weighted by Gasteiger charge is 2.14. The van der Waals surface area contributed by atoms with Crippen molar-refractivity contribution in [3.63, 3.8) is 0 Å². The number of hydrogen-bond donors (Lipinski definition) is 1. The third kappa shape index (κ3) is 2.87. The summed E-state index contributed by atoms with van der Waals surface area (Å²) in [5, 5.41) is 7.19. The first-order valence-corrected chi connectivity index (χ1v) is 6.88. The second-order valence-electron chi connectivity index (χ2n) is 4.51. The van der Waals surface area contributed by atoms with Crippen LogP contribution in [0.25, 0.3) is 0 Å². The Hall–Kier alpha value is -1.62. The lowest BCUT2D eigenvalue weighted by Gasteiger charge is -2.16. The van der Waals surface area contributed by atoms with Crippen molar-refractivity contribution >= 4 is 12.2 Å². The molecule has 1 heterocycles. The lowest BCUT2D eigenvalue weighted by molar-refractivity contribution is 0.414. The summed E-state index contributed by atoms with van der Waals surface area (Å²) in [6.07, 6.45) is 1.97. The van der Waals surface area contributed by atoms with Crippen molar-refractivity contribution in [2.45, 2.75) is 32.7 Å². The largest absolute Gasteiger partial charge is 0.497 e. The number of rotatable bonds is 5. The van der Waals surface area contributed by atoms with Crippen LogP contribution in [-0.4, -0.2) is 21.9 Å². The summed E-state index contributed by atoms with van der Waals surface area (Å²) >= 11 is 5.33. The molecule has 0 aliphatic carbocycles. The summed E-state index contributed by atoms with van der Waals surface area (Å²) in [5.74, 6) is 1.87. The van der Waals surface area contributed by atoms with Crippen LogP contribution in [0, 0.1) is 4.77 Å². The standard InChI is InChI=1S/C14H19N3OS/c1-4-5-13-15-16-14(19)17(13)10(2)11-6-8-12(18-3)9-7-11/h6-10H,4-5H2,1-3H3,(H,16,19). The van der Waals surface area contributed by atoms with E-state index >= 15 is 0 Å². The number of H-pyrrole nitrogens is 1. The zero-order valence-corrected chi connectivity index (χ0v) is 12.3. The zero-order chi connectivity index (χ0) is 13.8. The van der Waals surface area contributed by atoms with Crippen LogP contribution in [0.5, 0.6) is 5.75 Å². The van der Waals surface area contributed by atoms with Gasteiger partial charge in [-0.05, 0) is 43.3 Å². The summed E-state index contributed by atoms with van der Waals surface area (Å²) in [7, 11) is 1.67. The minimum absolute atomic E-state index is 0.165. The van der Waals surface area contributed by atoms with Crippen LogP contribution in [0.3, 0.4) is 0 Å². The number of aromatic amines is 1. The molecule has 0 aliphatic rings. The van der Waals surface area contributed by atoms with E-state index in [2.05, 4.69) is 40.7 Å². The van der Waals surface area contributed by atoms with Gasteiger partial charge < -0.3 is 4.74 Å². The van der Waals surface area contributed by atoms with Gasteiger partial charge in [0.05, 0.1) is 13.2 Å². The molecule has 0 amide bonds. The molecule has 4 nitrogen and oxygen atoms in total. The fraction of sp³-hybridized carbons (Fsp3) is 0.429. The van der Waals surface area contributed by atoms with Gasteiger partial charge >= 0.3 is 0 Å². The van der Waals surface area contributed by atoms with Crippen LogP contribution in [0.15, 0.2) is 24.3 Å². The molecule has 1 aromatic heterocycles. The molecule has 5 heteroatoms. The van der Waals surface area contributed by atoms with Gasteiger partial charge in [-0.15, -0.1) is 0 Å². The second kappa shape index (κ2) is 6.02. The Kier molecular flexibility index (Phi) is 4.37. The van der Waals surface area contributed by atoms with Crippen LogP contribution in [0.2, 0.25) is 0 Å². The molecule has 0 radical (unpaired) electrons. The Morgan fingerprint density at radius 2 is 2.05 bits per heavy atom. The van der Waals surface area contributed by atoms with Crippen molar-refractivity contribution in [3.05, 3.63) is 40.4 Å². The van der Waals surface area contributed by atoms with Crippen LogP contribution < -0.4 is 4.74 Å². The number of nitrogens with zero attached hydrogens (tertiary/aromatic N) is 2. The molecule has 0 saturated carbocycles. The lowest BCUT2D eigenvalue weighted by atomic mass is 10.1. The molecule has 0 spiro atoms. The summed E-state index contributed by atoms with van der Waals surface area (Å²) in [6, 6.07) is 8.23. The molecule has 0 bridgehead atoms. The highest BCUT2D eigenvalue weighted by molar-refractivity contribution is 7.71. The second-order valence-corrected chi connectivity index (χ2v) is 4.90. The molecular formula is C14H19N3OS. The van der Waals surface area contributed by atoms with Gasteiger partial charge in [-0.1, -0.05) is 19.1 Å². The van der Waals surface area contributed by atoms with E-state index in [1.807, 2.05) is 12.1 Å². The van der Waals surface area contributed by atoms with Crippen LogP contribution in [-0.2, 0) is 6.42 Å². The van der Waals surface area contributed by atoms with E-state index in [-0.39, 0.29) is 6.04 Å². The topological polar surface area (TPSA) is 42.8 Å². The molecule has 1 unspecified atom stereocenters. The average Bonchev–Trinajstić information content (AvgIpc) is 2.80. The summed E-state index contributed by atoms with van der Waals surface area (Å²) in [6.45, 7) is 4.27. The van der Waals surface area contributed by atoms with Crippen molar-refractivity contribution in [2.24, 2.45) is 0 Å². The number of aryl methyl sites for hydroxylation is 1. The molecule has 0 aliphatic heterocycles. The molecule has 1 aromatic carbocycles. The number of ether oxygens (including phenoxy) is 1. The smallest absolute Gasteiger partial charge is 0.195 e. The van der Waals surface area contributed by atoms with Crippen LogP contribution >= 0.6 is 12.2 Å². The van der Waals surface area contributed by atoms with Crippen LogP contribution in [0.1, 0.15) is 37.7 Å². The van der Waals surface area contributed by atoms with Crippen molar-refractivity contribution < 1.29 is 4.74 Å². The highest BCUT2D eigenvalue weighted by atomic mass is 32.1. The van der Waals surface area contributed by atoms with E-state index in [1.165, 1.54) is 5.56 Å². The Morgan fingerprint density at radius 3 is 2.63 bits per heavy atom. The number of aromatic nitrogens is 3. The Balaban J connectivity index is 2.34. The average molecular weight is 277 g/mol. The third-order valence-electron chi connectivity index (χ3n) is 3.24. The number of benzene rings is 1. The minimum Gasteiger partial charge on any atom is -0.497 e. The normalized spacial score (nSPS) is 12.4. The number of methoxy groups -OCH3 is 1. The Bertz CT molecular complexity index is 585. The molecule has 2 aromatic rings. The van der Waals surface area contributed by atoms with Crippen LogP contribution in [0.4, 0.5) is 0 Å². The highest BCUT2D eigenvalue weighted by Crippen LogP contribution is 2.22. The quantitative estimate of drug-likeness (QED) is 0.850. The Labute approximate surface area is 118 Å². The minimum atomic E-state index is 0.165. The van der Waals surface area contributed by atoms with Crippen molar-refractivity contribution in [3.8, 4) is 5.75 Å². The van der Waals surface area contributed by atoms with E-state index in [1.54, 1.807) is 7.11 Å². The first-order chi connectivity index (χ1) is 9.17. The van der Waals surface area contributed by atoms with Crippen molar-refractivity contribution in [1.29, 1.82) is 0 Å². The van der Waals surface area contributed by atoms with Crippen molar-refractivity contribution in [2.75, 3.05) is 7.11 Å². The van der Waals surface area contributed by atoms with E-state index in [9.17, 15) is 0 Å². The van der Waals surface area contributed by atoms with Gasteiger partial charge in [0.2, 0.25) is 0 Å². The van der Waals surface area contributed by atoms with E-state index < -0.39 is 0 Å². The predicted octanol–water partition coefficient (Wildman–Crippen LogP) is 3.51. The molecule has 1 N–H and O–H groups in total. The predicted molar refractivity (Wildman–Crippen MR) is 78.2 cm³/mol. The van der Waals surface area contributed by atoms with Gasteiger partial charge in [0.15, 0.2) is 4.77 Å². The summed E-state index contributed by atoms with van der Waals surface area (Å²) < 4.78 is 7.94. The maximum absolute atomic E-state index is 5.33. The maximum Gasteiger partial charge on any atom is 0.195 e. The molecule has 2 rings (SSSR count). The molecule has 19 heavy (non-hydrogen) atoms. The van der Waals surface area contributed by atoms with E-state index in [0.29, 0.717) is 4.77 Å². The van der Waals surface area contributed by atoms with E-state index in [0.717, 1.165) is 24.4 Å². The molecule has 0 saturated heterocycles. The SMILES string of the molecule is CCCc1n[nH]c(=S)n1C(C)c1ccc(OC)cc1. The first-order valence-electron chi connectivity index (χ1n) is 6.47. The number of hydrogen-bond acceptors (Lipinski definition) is 3. The molecule has 102 valence electrons. The molecule has 0 fully saturated rings. The van der Waals surface area contributed by atoms with Gasteiger partial charge in [0.1, 0.15) is 11.6 Å². The zero-order valence-electron chi connectivity index (χ0n) is 11.5. The fourth-order valence-corrected chi connectivity index (χ4v) is 2.48. The van der Waals surface area contributed by atoms with Gasteiger partial charge in [0.25, 0.3) is 0 Å². The molecule has 1 atom stereocenters. The molecular weight excluding hydrogens is 258 g/mol. The van der Waals surface area contributed by atoms with Gasteiger partial charge in [-0.25, -0.2) is 0 Å². The monoisotopic (exact) mass is 277 g/mol. The third-order valence-corrected chi connectivity index (χ3v) is 3.52. The van der Waals surface area contributed by atoms with Gasteiger partial charge in [-0.3, -0.25) is 9.67 Å². The summed E-state index contributed by atoms with van der Waals surface area (Å²) in [5.41, 5.74) is 1.19. The van der Waals surface area contributed by atoms with Gasteiger partial charge in [-0.2, -0.15) is 5.10 Å². The van der Waals surface area contributed by atoms with Crippen molar-refractivity contribution in [1.82, 2.24) is 14.8 Å². The Morgan fingerprint density at radius 1 is 1.37 bits per heavy atom. The summed E-state index contributed by atoms with van der Waals surface area (Å²) in [4.78, 5) is 0.